The van der Waals surface area contributed by atoms with Crippen LogP contribution in [0.15, 0.2) is 18.2 Å². The fourth-order valence-corrected chi connectivity index (χ4v) is 1.29. The fraction of sp³-hybridized carbons (Fsp3) is 0.300. The first kappa shape index (κ1) is 11.6. The summed E-state index contributed by atoms with van der Waals surface area (Å²) in [5, 5.41) is 8.44. The minimum absolute atomic E-state index is 0.00981. The highest BCUT2D eigenvalue weighted by molar-refractivity contribution is 5.67. The van der Waals surface area contributed by atoms with E-state index in [1.54, 1.807) is 0 Å². The monoisotopic (exact) mass is 215 g/mol. The van der Waals surface area contributed by atoms with Crippen LogP contribution in [0, 0.1) is 11.6 Å². The molecule has 1 aromatic rings. The Morgan fingerprint density at radius 3 is 2.73 bits per heavy atom. The molecule has 1 rings (SSSR count). The number of halogens is 2. The van der Waals surface area contributed by atoms with Crippen molar-refractivity contribution in [2.24, 2.45) is 5.73 Å². The normalized spacial score (nSPS) is 12.5. The Labute approximate surface area is 85.5 Å². The molecule has 0 aromatic heterocycles. The van der Waals surface area contributed by atoms with Crippen molar-refractivity contribution < 1.29 is 18.7 Å². The van der Waals surface area contributed by atoms with Gasteiger partial charge in [-0.05, 0) is 18.1 Å². The zero-order valence-electron chi connectivity index (χ0n) is 7.91. The van der Waals surface area contributed by atoms with Crippen molar-refractivity contribution in [1.82, 2.24) is 0 Å². The predicted octanol–water partition coefficient (Wildman–Crippen LogP) is 1.31. The number of hydrogen-bond donors (Lipinski definition) is 2. The maximum atomic E-state index is 13.1. The van der Waals surface area contributed by atoms with Crippen LogP contribution in [-0.2, 0) is 11.2 Å². The van der Waals surface area contributed by atoms with Gasteiger partial charge < -0.3 is 10.8 Å². The van der Waals surface area contributed by atoms with E-state index in [-0.39, 0.29) is 18.4 Å². The molecular weight excluding hydrogens is 204 g/mol. The lowest BCUT2D eigenvalue weighted by Crippen LogP contribution is -2.26. The Hall–Kier alpha value is -1.49. The van der Waals surface area contributed by atoms with Gasteiger partial charge in [0, 0.05) is 6.04 Å². The number of rotatable bonds is 4. The van der Waals surface area contributed by atoms with Crippen LogP contribution in [0.1, 0.15) is 12.0 Å². The van der Waals surface area contributed by atoms with E-state index in [4.69, 9.17) is 10.8 Å². The highest BCUT2D eigenvalue weighted by Gasteiger charge is 2.13. The van der Waals surface area contributed by atoms with Crippen molar-refractivity contribution >= 4 is 5.97 Å². The molecule has 15 heavy (non-hydrogen) atoms. The Morgan fingerprint density at radius 2 is 2.13 bits per heavy atom. The van der Waals surface area contributed by atoms with Gasteiger partial charge in [-0.15, -0.1) is 0 Å². The van der Waals surface area contributed by atoms with Crippen LogP contribution in [0.4, 0.5) is 8.78 Å². The summed E-state index contributed by atoms with van der Waals surface area (Å²) in [5.41, 5.74) is 5.56. The van der Waals surface area contributed by atoms with Crippen LogP contribution in [0.5, 0.6) is 0 Å². The third-order valence-electron chi connectivity index (χ3n) is 1.95. The highest BCUT2D eigenvalue weighted by atomic mass is 19.2. The largest absolute Gasteiger partial charge is 0.481 e. The minimum Gasteiger partial charge on any atom is -0.481 e. The molecule has 0 saturated heterocycles. The van der Waals surface area contributed by atoms with Crippen LogP contribution in [0.2, 0.25) is 0 Å². The first-order valence-electron chi connectivity index (χ1n) is 4.41. The maximum absolute atomic E-state index is 13.1. The van der Waals surface area contributed by atoms with Crippen molar-refractivity contribution in [2.75, 3.05) is 0 Å². The first-order chi connectivity index (χ1) is 7.00. The number of carbonyl (C=O) groups is 1. The quantitative estimate of drug-likeness (QED) is 0.795. The number of nitrogens with two attached hydrogens (primary N) is 1. The summed E-state index contributed by atoms with van der Waals surface area (Å²) < 4.78 is 25.9. The van der Waals surface area contributed by atoms with Gasteiger partial charge in [-0.1, -0.05) is 12.1 Å². The highest BCUT2D eigenvalue weighted by Crippen LogP contribution is 2.13. The molecule has 0 unspecified atom stereocenters. The molecule has 0 saturated carbocycles. The van der Waals surface area contributed by atoms with Crippen LogP contribution in [0.25, 0.3) is 0 Å². The number of aliphatic carboxylic acids is 1. The van der Waals surface area contributed by atoms with Gasteiger partial charge in [-0.2, -0.15) is 0 Å². The molecule has 82 valence electrons. The van der Waals surface area contributed by atoms with E-state index in [9.17, 15) is 13.6 Å². The smallest absolute Gasteiger partial charge is 0.304 e. The zero-order chi connectivity index (χ0) is 11.4. The summed E-state index contributed by atoms with van der Waals surface area (Å²) in [6.45, 7) is 0. The van der Waals surface area contributed by atoms with E-state index in [1.165, 1.54) is 12.1 Å². The van der Waals surface area contributed by atoms with Gasteiger partial charge in [-0.25, -0.2) is 8.78 Å². The third kappa shape index (κ3) is 3.28. The summed E-state index contributed by atoms with van der Waals surface area (Å²) in [4.78, 5) is 10.3. The molecular formula is C10H11F2NO2. The van der Waals surface area contributed by atoms with E-state index in [0.717, 1.165) is 6.07 Å². The van der Waals surface area contributed by atoms with Gasteiger partial charge in [0.25, 0.3) is 0 Å². The lowest BCUT2D eigenvalue weighted by atomic mass is 10.0. The second kappa shape index (κ2) is 4.84. The zero-order valence-corrected chi connectivity index (χ0v) is 7.91. The lowest BCUT2D eigenvalue weighted by molar-refractivity contribution is -0.137. The van der Waals surface area contributed by atoms with Gasteiger partial charge in [0.05, 0.1) is 6.42 Å². The third-order valence-corrected chi connectivity index (χ3v) is 1.95. The first-order valence-corrected chi connectivity index (χ1v) is 4.41. The number of carboxylic acids is 1. The van der Waals surface area contributed by atoms with Crippen LogP contribution in [0.3, 0.4) is 0 Å². The second-order valence-corrected chi connectivity index (χ2v) is 3.28. The average molecular weight is 215 g/mol. The van der Waals surface area contributed by atoms with E-state index in [1.807, 2.05) is 0 Å². The lowest BCUT2D eigenvalue weighted by Gasteiger charge is -2.09. The summed E-state index contributed by atoms with van der Waals surface area (Å²) in [5.74, 6) is -2.97. The predicted molar refractivity (Wildman–Crippen MR) is 50.3 cm³/mol. The molecule has 0 heterocycles. The molecule has 0 aliphatic rings. The Kier molecular flexibility index (Phi) is 3.74. The number of benzene rings is 1. The minimum atomic E-state index is -1.06. The molecule has 1 atom stereocenters. The topological polar surface area (TPSA) is 63.3 Å². The average Bonchev–Trinajstić information content (AvgIpc) is 2.11. The molecule has 0 radical (unpaired) electrons. The standard InChI is InChI=1S/C10H11F2NO2/c11-8-3-1-2-6(10(8)12)4-7(13)5-9(14)15/h1-3,7H,4-5,13H2,(H,14,15)/t7-/m0/s1. The van der Waals surface area contributed by atoms with E-state index in [0.29, 0.717) is 0 Å². The molecule has 0 amide bonds. The van der Waals surface area contributed by atoms with E-state index >= 15 is 0 Å². The van der Waals surface area contributed by atoms with Gasteiger partial charge in [0.15, 0.2) is 11.6 Å². The van der Waals surface area contributed by atoms with E-state index in [2.05, 4.69) is 0 Å². The molecule has 1 aromatic carbocycles. The summed E-state index contributed by atoms with van der Waals surface area (Å²) in [6, 6.07) is 3.04. The molecule has 5 heteroatoms. The van der Waals surface area contributed by atoms with Crippen molar-refractivity contribution in [3.63, 3.8) is 0 Å². The molecule has 3 nitrogen and oxygen atoms in total. The molecule has 0 fully saturated rings. The van der Waals surface area contributed by atoms with Gasteiger partial charge in [-0.3, -0.25) is 4.79 Å². The molecule has 3 N–H and O–H groups in total. The number of hydrogen-bond acceptors (Lipinski definition) is 2. The van der Waals surface area contributed by atoms with Gasteiger partial charge >= 0.3 is 5.97 Å². The van der Waals surface area contributed by atoms with E-state index < -0.39 is 23.6 Å². The Balaban J connectivity index is 2.72. The Bertz CT molecular complexity index is 368. The van der Waals surface area contributed by atoms with Crippen LogP contribution >= 0.6 is 0 Å². The summed E-state index contributed by atoms with van der Waals surface area (Å²) >= 11 is 0. The van der Waals surface area contributed by atoms with Crippen LogP contribution in [-0.4, -0.2) is 17.1 Å². The van der Waals surface area contributed by atoms with Crippen molar-refractivity contribution in [2.45, 2.75) is 18.9 Å². The fourth-order valence-electron chi connectivity index (χ4n) is 1.29. The van der Waals surface area contributed by atoms with Crippen molar-refractivity contribution in [3.8, 4) is 0 Å². The van der Waals surface area contributed by atoms with Crippen molar-refractivity contribution in [3.05, 3.63) is 35.4 Å². The second-order valence-electron chi connectivity index (χ2n) is 3.28. The molecule has 0 aliphatic carbocycles. The Morgan fingerprint density at radius 1 is 1.47 bits per heavy atom. The van der Waals surface area contributed by atoms with Gasteiger partial charge in [0.1, 0.15) is 0 Å². The summed E-state index contributed by atoms with van der Waals surface area (Å²) in [7, 11) is 0. The molecule has 0 spiro atoms. The van der Waals surface area contributed by atoms with Crippen molar-refractivity contribution in [1.29, 1.82) is 0 Å². The number of carboxylic acid groups (broad SMARTS) is 1. The van der Waals surface area contributed by atoms with Crippen LogP contribution < -0.4 is 5.73 Å². The SMILES string of the molecule is N[C@H](CC(=O)O)Cc1cccc(F)c1F. The molecule has 0 bridgehead atoms. The molecule has 0 aliphatic heterocycles. The summed E-state index contributed by atoms with van der Waals surface area (Å²) in [6.07, 6.45) is -0.258. The maximum Gasteiger partial charge on any atom is 0.304 e. The van der Waals surface area contributed by atoms with Gasteiger partial charge in [0.2, 0.25) is 0 Å².